The van der Waals surface area contributed by atoms with Gasteiger partial charge in [0.25, 0.3) is 0 Å². The molecule has 1 saturated carbocycles. The van der Waals surface area contributed by atoms with Crippen LogP contribution in [0.4, 0.5) is 0 Å². The highest BCUT2D eigenvalue weighted by molar-refractivity contribution is 4.79. The summed E-state index contributed by atoms with van der Waals surface area (Å²) in [5.41, 5.74) is 6.00. The Balaban J connectivity index is 2.06. The summed E-state index contributed by atoms with van der Waals surface area (Å²) in [6.07, 6.45) is 8.16. The van der Waals surface area contributed by atoms with Crippen LogP contribution in [0.25, 0.3) is 0 Å². The van der Waals surface area contributed by atoms with Crippen LogP contribution in [0.5, 0.6) is 0 Å². The molecule has 0 aromatic heterocycles. The monoisotopic (exact) mass is 169 g/mol. The highest BCUT2D eigenvalue weighted by Gasteiger charge is 2.22. The highest BCUT2D eigenvalue weighted by atomic mass is 14.7. The summed E-state index contributed by atoms with van der Waals surface area (Å²) >= 11 is 0. The van der Waals surface area contributed by atoms with E-state index in [1.807, 2.05) is 0 Å². The Morgan fingerprint density at radius 2 is 2.08 bits per heavy atom. The molecule has 0 heterocycles. The molecule has 1 rings (SSSR count). The first kappa shape index (κ1) is 10.0. The van der Waals surface area contributed by atoms with Crippen LogP contribution in [-0.4, -0.2) is 6.04 Å². The van der Waals surface area contributed by atoms with Crippen LogP contribution in [0.2, 0.25) is 0 Å². The minimum absolute atomic E-state index is 0.525. The molecule has 0 aromatic carbocycles. The van der Waals surface area contributed by atoms with Crippen molar-refractivity contribution in [1.29, 1.82) is 0 Å². The molecule has 12 heavy (non-hydrogen) atoms. The lowest BCUT2D eigenvalue weighted by Crippen LogP contribution is -2.24. The zero-order chi connectivity index (χ0) is 8.97. The fourth-order valence-electron chi connectivity index (χ4n) is 2.21. The average molecular weight is 169 g/mol. The standard InChI is InChI=1S/C11H23N/c1-9(2)5-3-6-10-7-4-8-11(10)12/h9-11H,3-8,12H2,1-2H3. The van der Waals surface area contributed by atoms with Crippen LogP contribution in [0.3, 0.4) is 0 Å². The van der Waals surface area contributed by atoms with Crippen molar-refractivity contribution in [2.24, 2.45) is 17.6 Å². The maximum absolute atomic E-state index is 6.00. The van der Waals surface area contributed by atoms with Gasteiger partial charge >= 0.3 is 0 Å². The van der Waals surface area contributed by atoms with Gasteiger partial charge in [0.05, 0.1) is 0 Å². The van der Waals surface area contributed by atoms with Gasteiger partial charge in [0, 0.05) is 6.04 Å². The molecule has 1 nitrogen and oxygen atoms in total. The molecule has 1 aliphatic rings. The third-order valence-electron chi connectivity index (χ3n) is 3.07. The van der Waals surface area contributed by atoms with Crippen molar-refractivity contribution in [1.82, 2.24) is 0 Å². The van der Waals surface area contributed by atoms with Crippen molar-refractivity contribution in [3.63, 3.8) is 0 Å². The van der Waals surface area contributed by atoms with Crippen molar-refractivity contribution in [3.05, 3.63) is 0 Å². The smallest absolute Gasteiger partial charge is 0.00671 e. The topological polar surface area (TPSA) is 26.0 Å². The third-order valence-corrected chi connectivity index (χ3v) is 3.07. The fourth-order valence-corrected chi connectivity index (χ4v) is 2.21. The molecule has 1 heteroatoms. The second-order valence-electron chi connectivity index (χ2n) is 4.68. The minimum atomic E-state index is 0.525. The van der Waals surface area contributed by atoms with E-state index in [0.29, 0.717) is 6.04 Å². The van der Waals surface area contributed by atoms with Crippen molar-refractivity contribution < 1.29 is 0 Å². The summed E-state index contributed by atoms with van der Waals surface area (Å²) in [5.74, 6) is 1.71. The Hall–Kier alpha value is -0.0400. The van der Waals surface area contributed by atoms with E-state index in [9.17, 15) is 0 Å². The Labute approximate surface area is 76.7 Å². The largest absolute Gasteiger partial charge is 0.327 e. The second kappa shape index (κ2) is 4.86. The maximum atomic E-state index is 6.00. The second-order valence-corrected chi connectivity index (χ2v) is 4.68. The number of rotatable bonds is 4. The van der Waals surface area contributed by atoms with Crippen LogP contribution >= 0.6 is 0 Å². The molecule has 0 radical (unpaired) electrons. The minimum Gasteiger partial charge on any atom is -0.327 e. The summed E-state index contributed by atoms with van der Waals surface area (Å²) < 4.78 is 0. The molecule has 0 saturated heterocycles. The van der Waals surface area contributed by atoms with E-state index in [0.717, 1.165) is 11.8 Å². The predicted molar refractivity (Wildman–Crippen MR) is 54.0 cm³/mol. The van der Waals surface area contributed by atoms with Crippen LogP contribution in [-0.2, 0) is 0 Å². The first-order valence-corrected chi connectivity index (χ1v) is 5.45. The zero-order valence-electron chi connectivity index (χ0n) is 8.55. The quantitative estimate of drug-likeness (QED) is 0.688. The lowest BCUT2D eigenvalue weighted by Gasteiger charge is -2.15. The molecule has 0 aromatic rings. The highest BCUT2D eigenvalue weighted by Crippen LogP contribution is 2.28. The van der Waals surface area contributed by atoms with Crippen LogP contribution < -0.4 is 5.73 Å². The van der Waals surface area contributed by atoms with Gasteiger partial charge in [-0.3, -0.25) is 0 Å². The molecule has 0 bridgehead atoms. The lowest BCUT2D eigenvalue weighted by molar-refractivity contribution is 0.407. The molecular weight excluding hydrogens is 146 g/mol. The van der Waals surface area contributed by atoms with Gasteiger partial charge < -0.3 is 5.73 Å². The van der Waals surface area contributed by atoms with Gasteiger partial charge in [-0.2, -0.15) is 0 Å². The molecule has 2 unspecified atom stereocenters. The molecule has 72 valence electrons. The summed E-state index contributed by atoms with van der Waals surface area (Å²) in [4.78, 5) is 0. The molecule has 0 amide bonds. The molecule has 2 atom stereocenters. The van der Waals surface area contributed by atoms with Gasteiger partial charge in [0.1, 0.15) is 0 Å². The van der Waals surface area contributed by atoms with Crippen LogP contribution in [0, 0.1) is 11.8 Å². The van der Waals surface area contributed by atoms with Crippen molar-refractivity contribution in [2.45, 2.75) is 58.4 Å². The number of hydrogen-bond acceptors (Lipinski definition) is 1. The summed E-state index contributed by atoms with van der Waals surface area (Å²) in [6, 6.07) is 0.525. The van der Waals surface area contributed by atoms with E-state index >= 15 is 0 Å². The van der Waals surface area contributed by atoms with Gasteiger partial charge in [0.2, 0.25) is 0 Å². The van der Waals surface area contributed by atoms with E-state index in [1.165, 1.54) is 38.5 Å². The maximum Gasteiger partial charge on any atom is 0.00671 e. The average Bonchev–Trinajstić information content (AvgIpc) is 2.36. The molecular formula is C11H23N. The summed E-state index contributed by atoms with van der Waals surface area (Å²) in [7, 11) is 0. The number of nitrogens with two attached hydrogens (primary N) is 1. The van der Waals surface area contributed by atoms with E-state index < -0.39 is 0 Å². The van der Waals surface area contributed by atoms with E-state index in [1.54, 1.807) is 0 Å². The van der Waals surface area contributed by atoms with Crippen molar-refractivity contribution in [3.8, 4) is 0 Å². The van der Waals surface area contributed by atoms with E-state index in [4.69, 9.17) is 5.73 Å². The Kier molecular flexibility index (Phi) is 4.07. The first-order chi connectivity index (χ1) is 5.70. The first-order valence-electron chi connectivity index (χ1n) is 5.45. The fraction of sp³-hybridized carbons (Fsp3) is 1.00. The Bertz CT molecular complexity index is 120. The van der Waals surface area contributed by atoms with E-state index in [-0.39, 0.29) is 0 Å². The molecule has 2 N–H and O–H groups in total. The SMILES string of the molecule is CC(C)CCCC1CCCC1N. The summed E-state index contributed by atoms with van der Waals surface area (Å²) in [5, 5.41) is 0. The Morgan fingerprint density at radius 1 is 1.33 bits per heavy atom. The molecule has 0 spiro atoms. The number of hydrogen-bond donors (Lipinski definition) is 1. The molecule has 1 fully saturated rings. The summed E-state index contributed by atoms with van der Waals surface area (Å²) in [6.45, 7) is 4.60. The third kappa shape index (κ3) is 3.14. The van der Waals surface area contributed by atoms with Crippen LogP contribution in [0.1, 0.15) is 52.4 Å². The normalized spacial score (nSPS) is 30.0. The molecule has 1 aliphatic carbocycles. The van der Waals surface area contributed by atoms with E-state index in [2.05, 4.69) is 13.8 Å². The van der Waals surface area contributed by atoms with Crippen molar-refractivity contribution >= 4 is 0 Å². The van der Waals surface area contributed by atoms with Crippen LogP contribution in [0.15, 0.2) is 0 Å². The van der Waals surface area contributed by atoms with Crippen molar-refractivity contribution in [2.75, 3.05) is 0 Å². The molecule has 0 aliphatic heterocycles. The Morgan fingerprint density at radius 3 is 2.58 bits per heavy atom. The lowest BCUT2D eigenvalue weighted by atomic mass is 9.95. The zero-order valence-corrected chi connectivity index (χ0v) is 8.55. The van der Waals surface area contributed by atoms with Gasteiger partial charge in [-0.05, 0) is 31.1 Å². The van der Waals surface area contributed by atoms with Gasteiger partial charge in [-0.1, -0.05) is 33.1 Å². The van der Waals surface area contributed by atoms with Gasteiger partial charge in [-0.25, -0.2) is 0 Å². The van der Waals surface area contributed by atoms with Gasteiger partial charge in [-0.15, -0.1) is 0 Å². The predicted octanol–water partition coefficient (Wildman–Crippen LogP) is 2.94. The van der Waals surface area contributed by atoms with Gasteiger partial charge in [0.15, 0.2) is 0 Å².